The van der Waals surface area contributed by atoms with Crippen LogP contribution < -0.4 is 26.3 Å². The normalized spacial score (nSPS) is 9.57. The van der Waals surface area contributed by atoms with Gasteiger partial charge in [0.05, 0.1) is 12.0 Å². The third kappa shape index (κ3) is 3.88. The predicted molar refractivity (Wildman–Crippen MR) is 75.5 cm³/mol. The van der Waals surface area contributed by atoms with E-state index < -0.39 is 4.92 Å². The van der Waals surface area contributed by atoms with E-state index in [1.165, 1.54) is 13.2 Å². The molecule has 5 nitrogen and oxygen atoms in total. The Balaban J connectivity index is 0.00000220. The third-order valence-corrected chi connectivity index (χ3v) is 2.91. The zero-order valence-electron chi connectivity index (χ0n) is 11.5. The molecule has 0 aliphatic carbocycles. The van der Waals surface area contributed by atoms with Gasteiger partial charge in [0.1, 0.15) is 0 Å². The lowest BCUT2D eigenvalue weighted by Gasteiger charge is -2.05. The molecule has 0 bridgehead atoms. The lowest BCUT2D eigenvalue weighted by atomic mass is 10.1. The minimum absolute atomic E-state index is 0. The van der Waals surface area contributed by atoms with Gasteiger partial charge in [-0.25, -0.2) is 4.57 Å². The number of nitrogens with zero attached hydrogens (tertiary/aromatic N) is 2. The number of aromatic nitrogens is 1. The van der Waals surface area contributed by atoms with Crippen molar-refractivity contribution in [3.8, 4) is 16.9 Å². The smallest absolute Gasteiger partial charge is 0.310 e. The Morgan fingerprint density at radius 3 is 2.76 bits per heavy atom. The Morgan fingerprint density at radius 2 is 2.14 bits per heavy atom. The molecule has 0 N–H and O–H groups in total. The highest BCUT2D eigenvalue weighted by molar-refractivity contribution is 5.67. The van der Waals surface area contributed by atoms with E-state index in [9.17, 15) is 10.1 Å². The Bertz CT molecular complexity index is 659. The minimum Gasteiger partial charge on any atom is -1.00 e. The molecule has 0 aliphatic rings. The zero-order valence-corrected chi connectivity index (χ0v) is 13.1. The second kappa shape index (κ2) is 7.54. The van der Waals surface area contributed by atoms with Crippen molar-refractivity contribution in [1.82, 2.24) is 0 Å². The van der Waals surface area contributed by atoms with Crippen LogP contribution in [0.25, 0.3) is 11.1 Å². The van der Waals surface area contributed by atoms with E-state index in [2.05, 4.69) is 6.58 Å². The quantitative estimate of drug-likeness (QED) is 0.323. The first-order chi connectivity index (χ1) is 9.65. The molecule has 0 saturated heterocycles. The number of nitro benzene ring substituents is 1. The Hall–Kier alpha value is -2.21. The molecule has 1 aromatic carbocycles. The summed E-state index contributed by atoms with van der Waals surface area (Å²) in [5.41, 5.74) is 1.79. The van der Waals surface area contributed by atoms with E-state index in [4.69, 9.17) is 4.74 Å². The van der Waals surface area contributed by atoms with Crippen molar-refractivity contribution in [3.63, 3.8) is 0 Å². The van der Waals surface area contributed by atoms with Crippen LogP contribution in [0.15, 0.2) is 55.4 Å². The summed E-state index contributed by atoms with van der Waals surface area (Å²) >= 11 is 0. The molecule has 110 valence electrons. The van der Waals surface area contributed by atoms with E-state index in [1.807, 2.05) is 29.1 Å². The van der Waals surface area contributed by atoms with Gasteiger partial charge in [0.15, 0.2) is 24.7 Å². The highest BCUT2D eigenvalue weighted by Crippen LogP contribution is 2.31. The van der Waals surface area contributed by atoms with Gasteiger partial charge in [-0.05, 0) is 29.8 Å². The first-order valence-electron chi connectivity index (χ1n) is 6.08. The van der Waals surface area contributed by atoms with Crippen LogP contribution in [-0.2, 0) is 6.54 Å². The van der Waals surface area contributed by atoms with Gasteiger partial charge in [-0.3, -0.25) is 10.1 Å². The number of hydrogen-bond acceptors (Lipinski definition) is 3. The molecule has 0 fully saturated rings. The number of halogens is 1. The molecule has 6 heteroatoms. The first kappa shape index (κ1) is 16.8. The van der Waals surface area contributed by atoms with E-state index >= 15 is 0 Å². The fourth-order valence-electron chi connectivity index (χ4n) is 1.96. The van der Waals surface area contributed by atoms with Crippen LogP contribution in [-0.4, -0.2) is 12.0 Å². The number of hydrogen-bond donors (Lipinski definition) is 0. The van der Waals surface area contributed by atoms with E-state index in [0.717, 1.165) is 11.1 Å². The zero-order chi connectivity index (χ0) is 14.5. The van der Waals surface area contributed by atoms with Crippen LogP contribution >= 0.6 is 0 Å². The number of ether oxygens (including phenoxy) is 1. The average molecular weight is 351 g/mol. The molecule has 1 aromatic heterocycles. The first-order valence-corrected chi connectivity index (χ1v) is 6.08. The lowest BCUT2D eigenvalue weighted by Crippen LogP contribution is -3.00. The molecule has 0 radical (unpaired) electrons. The van der Waals surface area contributed by atoms with Crippen molar-refractivity contribution in [2.24, 2.45) is 0 Å². The number of nitro groups is 1. The van der Waals surface area contributed by atoms with E-state index in [-0.39, 0.29) is 28.4 Å². The Kier molecular flexibility index (Phi) is 6.05. The van der Waals surface area contributed by atoms with Crippen molar-refractivity contribution < 1.29 is 31.2 Å². The lowest BCUT2D eigenvalue weighted by molar-refractivity contribution is -0.686. The van der Waals surface area contributed by atoms with Crippen LogP contribution in [0.1, 0.15) is 0 Å². The summed E-state index contributed by atoms with van der Waals surface area (Å²) in [7, 11) is 1.43. The van der Waals surface area contributed by atoms with Crippen molar-refractivity contribution in [2.45, 2.75) is 6.54 Å². The maximum atomic E-state index is 10.9. The van der Waals surface area contributed by atoms with Gasteiger partial charge in [-0.15, -0.1) is 0 Å². The number of pyridine rings is 1. The van der Waals surface area contributed by atoms with Gasteiger partial charge in [0.2, 0.25) is 0 Å². The predicted octanol–water partition coefficient (Wildman–Crippen LogP) is -0.252. The monoisotopic (exact) mass is 350 g/mol. The Labute approximate surface area is 133 Å². The molecule has 2 rings (SSSR count). The van der Waals surface area contributed by atoms with Gasteiger partial charge >= 0.3 is 5.69 Å². The third-order valence-electron chi connectivity index (χ3n) is 2.91. The summed E-state index contributed by atoms with van der Waals surface area (Å²) in [5, 5.41) is 10.9. The molecule has 0 atom stereocenters. The van der Waals surface area contributed by atoms with Gasteiger partial charge < -0.3 is 21.7 Å². The maximum absolute atomic E-state index is 10.9. The summed E-state index contributed by atoms with van der Waals surface area (Å²) in [6.07, 6.45) is 5.70. The van der Waals surface area contributed by atoms with Gasteiger partial charge in [-0.2, -0.15) is 0 Å². The number of rotatable bonds is 5. The molecule has 0 spiro atoms. The molecule has 0 amide bonds. The van der Waals surface area contributed by atoms with Gasteiger partial charge in [0.25, 0.3) is 0 Å². The van der Waals surface area contributed by atoms with Crippen molar-refractivity contribution in [2.75, 3.05) is 7.11 Å². The molecule has 0 unspecified atom stereocenters. The molecule has 0 saturated carbocycles. The van der Waals surface area contributed by atoms with E-state index in [1.54, 1.807) is 18.2 Å². The molecule has 2 aromatic rings. The largest absolute Gasteiger partial charge is 1.00 e. The number of allylic oxidation sites excluding steroid dienone is 1. The topological polar surface area (TPSA) is 56.2 Å². The summed E-state index contributed by atoms with van der Waals surface area (Å²) in [6, 6.07) is 8.71. The van der Waals surface area contributed by atoms with Gasteiger partial charge in [-0.1, -0.05) is 6.58 Å². The molecular formula is C15H15BrN2O3. The fraction of sp³-hybridized carbons (Fsp3) is 0.133. The maximum Gasteiger partial charge on any atom is 0.310 e. The summed E-state index contributed by atoms with van der Waals surface area (Å²) < 4.78 is 7.06. The van der Waals surface area contributed by atoms with Crippen LogP contribution in [0.2, 0.25) is 0 Å². The number of methoxy groups -OCH3 is 1. The molecule has 1 heterocycles. The fourth-order valence-corrected chi connectivity index (χ4v) is 1.96. The van der Waals surface area contributed by atoms with Crippen LogP contribution in [0, 0.1) is 10.1 Å². The highest BCUT2D eigenvalue weighted by Gasteiger charge is 2.16. The van der Waals surface area contributed by atoms with Crippen LogP contribution in [0.5, 0.6) is 5.75 Å². The summed E-state index contributed by atoms with van der Waals surface area (Å²) in [4.78, 5) is 10.4. The minimum atomic E-state index is -0.453. The standard InChI is InChI=1S/C15H15N2O3.BrH/c1-3-8-16-9-4-5-13(11-16)12-6-7-14(17(18)19)15(10-12)20-2;/h3-7,9-11H,1,8H2,2H3;1H/q+1;/p-1. The van der Waals surface area contributed by atoms with Crippen molar-refractivity contribution in [3.05, 3.63) is 65.5 Å². The summed E-state index contributed by atoms with van der Waals surface area (Å²) in [5.74, 6) is 0.256. The van der Waals surface area contributed by atoms with Crippen LogP contribution in [0.4, 0.5) is 5.69 Å². The molecule has 0 aliphatic heterocycles. The van der Waals surface area contributed by atoms with Crippen LogP contribution in [0.3, 0.4) is 0 Å². The molecular weight excluding hydrogens is 336 g/mol. The second-order valence-corrected chi connectivity index (χ2v) is 4.22. The van der Waals surface area contributed by atoms with Crippen molar-refractivity contribution >= 4 is 5.69 Å². The second-order valence-electron chi connectivity index (χ2n) is 4.22. The van der Waals surface area contributed by atoms with Gasteiger partial charge in [0, 0.05) is 17.7 Å². The van der Waals surface area contributed by atoms with Crippen molar-refractivity contribution in [1.29, 1.82) is 0 Å². The van der Waals surface area contributed by atoms with E-state index in [0.29, 0.717) is 6.54 Å². The summed E-state index contributed by atoms with van der Waals surface area (Å²) in [6.45, 7) is 4.41. The Morgan fingerprint density at radius 1 is 1.38 bits per heavy atom. The SMILES string of the molecule is C=CC[n+]1cccc(-c2ccc([N+](=O)[O-])c(OC)c2)c1.[Br-]. The highest BCUT2D eigenvalue weighted by atomic mass is 79.9. The molecule has 21 heavy (non-hydrogen) atoms. The number of benzene rings is 1. The average Bonchev–Trinajstić information content (AvgIpc) is 2.47.